The zero-order chi connectivity index (χ0) is 14.7. The van der Waals surface area contributed by atoms with E-state index in [0.29, 0.717) is 23.1 Å². The summed E-state index contributed by atoms with van der Waals surface area (Å²) in [5.41, 5.74) is 7.37. The number of carbonyl (C=O) groups is 1. The van der Waals surface area contributed by atoms with E-state index in [4.69, 9.17) is 10.2 Å². The predicted molar refractivity (Wildman–Crippen MR) is 78.1 cm³/mol. The first-order valence-electron chi connectivity index (χ1n) is 6.60. The second-order valence-corrected chi connectivity index (χ2v) is 5.13. The first kappa shape index (κ1) is 14.1. The van der Waals surface area contributed by atoms with Crippen LogP contribution < -0.4 is 11.1 Å². The lowest BCUT2D eigenvalue weighted by Crippen LogP contribution is -2.36. The van der Waals surface area contributed by atoms with Crippen LogP contribution in [-0.4, -0.2) is 16.9 Å². The van der Waals surface area contributed by atoms with E-state index in [1.165, 1.54) is 6.26 Å². The number of rotatable bonds is 4. The Morgan fingerprint density at radius 1 is 1.30 bits per heavy atom. The van der Waals surface area contributed by atoms with Gasteiger partial charge in [0, 0.05) is 11.7 Å². The van der Waals surface area contributed by atoms with Crippen molar-refractivity contribution in [3.63, 3.8) is 0 Å². The number of hydrogen-bond donors (Lipinski definition) is 2. The number of nitrogens with two attached hydrogens (primary N) is 1. The summed E-state index contributed by atoms with van der Waals surface area (Å²) in [6.45, 7) is 6.05. The van der Waals surface area contributed by atoms with Gasteiger partial charge >= 0.3 is 0 Å². The molecule has 0 saturated heterocycles. The van der Waals surface area contributed by atoms with Crippen LogP contribution in [0.3, 0.4) is 0 Å². The van der Waals surface area contributed by atoms with Crippen molar-refractivity contribution in [1.82, 2.24) is 10.3 Å². The number of para-hydroxylation sites is 1. The highest BCUT2D eigenvalue weighted by molar-refractivity contribution is 5.92. The van der Waals surface area contributed by atoms with Crippen LogP contribution in [0.2, 0.25) is 0 Å². The maximum Gasteiger partial charge on any atom is 0.273 e. The van der Waals surface area contributed by atoms with Gasteiger partial charge in [0.15, 0.2) is 5.69 Å². The molecule has 0 aliphatic heterocycles. The molecule has 1 unspecified atom stereocenters. The highest BCUT2D eigenvalue weighted by atomic mass is 16.3. The van der Waals surface area contributed by atoms with Crippen molar-refractivity contribution >= 4 is 11.6 Å². The zero-order valence-corrected chi connectivity index (χ0v) is 11.9. The monoisotopic (exact) mass is 273 g/mol. The fraction of sp³-hybridized carbons (Fsp3) is 0.333. The lowest BCUT2D eigenvalue weighted by molar-refractivity contribution is 0.0925. The van der Waals surface area contributed by atoms with E-state index in [1.807, 2.05) is 32.9 Å². The number of benzene rings is 1. The van der Waals surface area contributed by atoms with Gasteiger partial charge in [-0.25, -0.2) is 4.98 Å². The second kappa shape index (κ2) is 5.77. The minimum absolute atomic E-state index is 0.0736. The van der Waals surface area contributed by atoms with Crippen LogP contribution in [0.25, 0.3) is 11.5 Å². The van der Waals surface area contributed by atoms with Crippen molar-refractivity contribution in [2.75, 3.05) is 5.73 Å². The molecule has 5 nitrogen and oxygen atoms in total. The van der Waals surface area contributed by atoms with Crippen LogP contribution in [0.1, 0.15) is 31.3 Å². The largest absolute Gasteiger partial charge is 0.444 e. The quantitative estimate of drug-likeness (QED) is 0.839. The molecule has 106 valence electrons. The molecule has 0 bridgehead atoms. The van der Waals surface area contributed by atoms with Crippen LogP contribution >= 0.6 is 0 Å². The highest BCUT2D eigenvalue weighted by Crippen LogP contribution is 2.24. The fourth-order valence-electron chi connectivity index (χ4n) is 1.64. The third-order valence-corrected chi connectivity index (χ3v) is 3.29. The molecule has 1 aromatic heterocycles. The molecule has 2 aromatic rings. The number of aromatic nitrogens is 1. The molecule has 20 heavy (non-hydrogen) atoms. The third kappa shape index (κ3) is 2.99. The van der Waals surface area contributed by atoms with Crippen LogP contribution in [0.15, 0.2) is 34.9 Å². The van der Waals surface area contributed by atoms with Crippen LogP contribution in [0.5, 0.6) is 0 Å². The number of nitrogens with zero attached hydrogens (tertiary/aromatic N) is 1. The Labute approximate surface area is 118 Å². The Hall–Kier alpha value is -2.30. The molecule has 1 aromatic carbocycles. The number of hydrogen-bond acceptors (Lipinski definition) is 4. The topological polar surface area (TPSA) is 81.2 Å². The van der Waals surface area contributed by atoms with Gasteiger partial charge in [0.2, 0.25) is 5.89 Å². The van der Waals surface area contributed by atoms with Crippen molar-refractivity contribution in [2.24, 2.45) is 5.92 Å². The van der Waals surface area contributed by atoms with E-state index >= 15 is 0 Å². The first-order valence-corrected chi connectivity index (χ1v) is 6.60. The van der Waals surface area contributed by atoms with E-state index in [9.17, 15) is 4.79 Å². The Morgan fingerprint density at radius 2 is 2.00 bits per heavy atom. The molecule has 5 heteroatoms. The summed E-state index contributed by atoms with van der Waals surface area (Å²) in [6.07, 6.45) is 1.35. The lowest BCUT2D eigenvalue weighted by Gasteiger charge is -2.16. The van der Waals surface area contributed by atoms with E-state index in [0.717, 1.165) is 0 Å². The number of nitrogens with one attached hydrogen (secondary N) is 1. The molecule has 1 heterocycles. The maximum atomic E-state index is 12.0. The molecule has 0 saturated carbocycles. The number of nitrogen functional groups attached to an aromatic ring is 1. The lowest BCUT2D eigenvalue weighted by atomic mass is 10.1. The Bertz CT molecular complexity index is 605. The van der Waals surface area contributed by atoms with Gasteiger partial charge in [0.25, 0.3) is 5.91 Å². The summed E-state index contributed by atoms with van der Waals surface area (Å²) < 4.78 is 5.34. The Balaban J connectivity index is 2.17. The number of amides is 1. The average Bonchev–Trinajstić information content (AvgIpc) is 2.88. The van der Waals surface area contributed by atoms with Gasteiger partial charge in [-0.15, -0.1) is 0 Å². The molecule has 3 N–H and O–H groups in total. The molecule has 0 aliphatic carbocycles. The summed E-state index contributed by atoms with van der Waals surface area (Å²) in [5.74, 6) is 0.469. The van der Waals surface area contributed by atoms with Crippen molar-refractivity contribution in [2.45, 2.75) is 26.8 Å². The average molecular weight is 273 g/mol. The van der Waals surface area contributed by atoms with Gasteiger partial charge in [-0.2, -0.15) is 0 Å². The third-order valence-electron chi connectivity index (χ3n) is 3.29. The van der Waals surface area contributed by atoms with E-state index in [-0.39, 0.29) is 17.6 Å². The van der Waals surface area contributed by atoms with E-state index in [1.54, 1.807) is 12.1 Å². The van der Waals surface area contributed by atoms with Crippen molar-refractivity contribution in [3.05, 3.63) is 36.2 Å². The summed E-state index contributed by atoms with van der Waals surface area (Å²) in [6, 6.07) is 7.32. The number of carbonyl (C=O) groups excluding carboxylic acids is 1. The second-order valence-electron chi connectivity index (χ2n) is 5.13. The number of anilines is 1. The van der Waals surface area contributed by atoms with E-state index < -0.39 is 0 Å². The zero-order valence-electron chi connectivity index (χ0n) is 11.9. The van der Waals surface area contributed by atoms with Gasteiger partial charge in [-0.05, 0) is 25.0 Å². The molecular weight excluding hydrogens is 254 g/mol. The molecule has 0 spiro atoms. The normalized spacial score (nSPS) is 12.4. The van der Waals surface area contributed by atoms with Gasteiger partial charge in [-0.1, -0.05) is 26.0 Å². The van der Waals surface area contributed by atoms with Gasteiger partial charge in [-0.3, -0.25) is 4.79 Å². The minimum atomic E-state index is -0.240. The van der Waals surface area contributed by atoms with Gasteiger partial charge in [0.1, 0.15) is 6.26 Å². The van der Waals surface area contributed by atoms with Crippen molar-refractivity contribution in [3.8, 4) is 11.5 Å². The molecule has 1 amide bonds. The standard InChI is InChI=1S/C15H19N3O2/c1-9(2)10(3)17-14(19)13-8-20-15(18-13)11-6-4-5-7-12(11)16/h4-10H,16H2,1-3H3,(H,17,19). The molecular formula is C15H19N3O2. The maximum absolute atomic E-state index is 12.0. The number of oxazole rings is 1. The molecule has 0 fully saturated rings. The van der Waals surface area contributed by atoms with Crippen molar-refractivity contribution in [1.29, 1.82) is 0 Å². The smallest absolute Gasteiger partial charge is 0.273 e. The minimum Gasteiger partial charge on any atom is -0.444 e. The summed E-state index contributed by atoms with van der Waals surface area (Å²) in [4.78, 5) is 16.2. The molecule has 0 radical (unpaired) electrons. The van der Waals surface area contributed by atoms with Gasteiger partial charge < -0.3 is 15.5 Å². The van der Waals surface area contributed by atoms with Crippen LogP contribution in [0, 0.1) is 5.92 Å². The SMILES string of the molecule is CC(C)C(C)NC(=O)c1coc(-c2ccccc2N)n1. The first-order chi connectivity index (χ1) is 9.49. The summed E-state index contributed by atoms with van der Waals surface area (Å²) >= 11 is 0. The van der Waals surface area contributed by atoms with Crippen LogP contribution in [-0.2, 0) is 0 Å². The van der Waals surface area contributed by atoms with Crippen LogP contribution in [0.4, 0.5) is 5.69 Å². The summed E-state index contributed by atoms with van der Waals surface area (Å²) in [5, 5.41) is 2.88. The molecule has 2 rings (SSSR count). The fourth-order valence-corrected chi connectivity index (χ4v) is 1.64. The summed E-state index contributed by atoms with van der Waals surface area (Å²) in [7, 11) is 0. The predicted octanol–water partition coefficient (Wildman–Crippen LogP) is 2.70. The van der Waals surface area contributed by atoms with Gasteiger partial charge in [0.05, 0.1) is 5.56 Å². The van der Waals surface area contributed by atoms with Crippen molar-refractivity contribution < 1.29 is 9.21 Å². The highest BCUT2D eigenvalue weighted by Gasteiger charge is 2.17. The Morgan fingerprint density at radius 3 is 2.65 bits per heavy atom. The molecule has 1 atom stereocenters. The Kier molecular flexibility index (Phi) is 4.08. The van der Waals surface area contributed by atoms with E-state index in [2.05, 4.69) is 10.3 Å². The molecule has 0 aliphatic rings.